The lowest BCUT2D eigenvalue weighted by molar-refractivity contribution is 0.174. The first-order valence-corrected chi connectivity index (χ1v) is 8.70. The number of rotatable bonds is 3. The molecule has 0 saturated carbocycles. The lowest BCUT2D eigenvalue weighted by atomic mass is 10.1. The Labute approximate surface area is 152 Å². The van der Waals surface area contributed by atoms with Gasteiger partial charge in [0.05, 0.1) is 12.8 Å². The van der Waals surface area contributed by atoms with Crippen molar-refractivity contribution in [2.24, 2.45) is 0 Å². The Bertz CT molecular complexity index is 1040. The third-order valence-corrected chi connectivity index (χ3v) is 5.20. The minimum atomic E-state index is -0.207. The van der Waals surface area contributed by atoms with E-state index in [-0.39, 0.29) is 12.4 Å². The molecule has 0 bridgehead atoms. The summed E-state index contributed by atoms with van der Waals surface area (Å²) < 4.78 is 18.0. The standard InChI is InChI=1S/C18H13NO4S2/c1-21-13-5-3-2-4-12(13)19-17(20)9-16(25-18(19)24)11-6-7-14-15(8-11)23-10-22-14/h2-9H,10H2,1H3. The first kappa shape index (κ1) is 15.9. The molecule has 1 aliphatic rings. The molecular weight excluding hydrogens is 358 g/mol. The highest BCUT2D eigenvalue weighted by Gasteiger charge is 2.16. The average molecular weight is 371 g/mol. The molecule has 0 fully saturated rings. The van der Waals surface area contributed by atoms with E-state index in [1.165, 1.54) is 15.9 Å². The Morgan fingerprint density at radius 3 is 2.72 bits per heavy atom. The highest BCUT2D eigenvalue weighted by Crippen LogP contribution is 2.37. The van der Waals surface area contributed by atoms with Gasteiger partial charge in [-0.2, -0.15) is 0 Å². The van der Waals surface area contributed by atoms with Crippen LogP contribution in [0.2, 0.25) is 0 Å². The smallest absolute Gasteiger partial charge is 0.258 e. The summed E-state index contributed by atoms with van der Waals surface area (Å²) in [5.74, 6) is 1.97. The summed E-state index contributed by atoms with van der Waals surface area (Å²) in [6.07, 6.45) is 0. The second-order valence-electron chi connectivity index (χ2n) is 5.29. The Hall–Kier alpha value is -2.64. The van der Waals surface area contributed by atoms with Crippen LogP contribution in [0, 0.1) is 3.95 Å². The molecule has 0 atom stereocenters. The van der Waals surface area contributed by atoms with Crippen molar-refractivity contribution in [3.8, 4) is 33.4 Å². The lowest BCUT2D eigenvalue weighted by Crippen LogP contribution is -2.17. The zero-order chi connectivity index (χ0) is 17.4. The van der Waals surface area contributed by atoms with Crippen LogP contribution >= 0.6 is 23.6 Å². The fourth-order valence-electron chi connectivity index (χ4n) is 2.66. The number of para-hydroxylation sites is 2. The topological polar surface area (TPSA) is 49.7 Å². The molecule has 0 spiro atoms. The Kier molecular flexibility index (Phi) is 4.03. The molecule has 0 unspecified atom stereocenters. The van der Waals surface area contributed by atoms with E-state index in [4.69, 9.17) is 26.4 Å². The number of hydrogen-bond donors (Lipinski definition) is 0. The number of ether oxygens (including phenoxy) is 3. The largest absolute Gasteiger partial charge is 0.495 e. The summed E-state index contributed by atoms with van der Waals surface area (Å²) >= 11 is 6.84. The summed E-state index contributed by atoms with van der Waals surface area (Å²) in [5.41, 5.74) is 1.29. The van der Waals surface area contributed by atoms with Crippen LogP contribution in [0.15, 0.2) is 53.3 Å². The molecular formula is C18H13NO4S2. The SMILES string of the molecule is COc1ccccc1-n1c(=O)cc(-c2ccc3c(c2)OCO3)sc1=S. The summed E-state index contributed by atoms with van der Waals surface area (Å²) in [6, 6.07) is 14.5. The second kappa shape index (κ2) is 6.34. The van der Waals surface area contributed by atoms with Crippen LogP contribution in [0.4, 0.5) is 0 Å². The fraction of sp³-hybridized carbons (Fsp3) is 0.111. The van der Waals surface area contributed by atoms with Crippen LogP contribution in [0.5, 0.6) is 17.2 Å². The van der Waals surface area contributed by atoms with E-state index in [2.05, 4.69) is 0 Å². The maximum absolute atomic E-state index is 12.7. The first-order valence-electron chi connectivity index (χ1n) is 7.48. The van der Waals surface area contributed by atoms with Crippen molar-refractivity contribution < 1.29 is 14.2 Å². The molecule has 126 valence electrons. The normalized spacial score (nSPS) is 12.2. The lowest BCUT2D eigenvalue weighted by Gasteiger charge is -2.11. The summed E-state index contributed by atoms with van der Waals surface area (Å²) in [6.45, 7) is 0.212. The van der Waals surface area contributed by atoms with Gasteiger partial charge in [-0.05, 0) is 48.1 Å². The van der Waals surface area contributed by atoms with Gasteiger partial charge in [-0.25, -0.2) is 0 Å². The Morgan fingerprint density at radius 1 is 1.12 bits per heavy atom. The van der Waals surface area contributed by atoms with Crippen LogP contribution in [-0.2, 0) is 0 Å². The number of nitrogens with zero attached hydrogens (tertiary/aromatic N) is 1. The van der Waals surface area contributed by atoms with E-state index >= 15 is 0 Å². The van der Waals surface area contributed by atoms with Crippen LogP contribution in [0.1, 0.15) is 0 Å². The van der Waals surface area contributed by atoms with E-state index in [0.29, 0.717) is 26.9 Å². The molecule has 5 nitrogen and oxygen atoms in total. The molecule has 0 radical (unpaired) electrons. The molecule has 1 aliphatic heterocycles. The minimum Gasteiger partial charge on any atom is -0.495 e. The molecule has 7 heteroatoms. The summed E-state index contributed by atoms with van der Waals surface area (Å²) in [7, 11) is 1.57. The molecule has 0 aliphatic carbocycles. The molecule has 0 saturated heterocycles. The Balaban J connectivity index is 1.84. The molecule has 0 amide bonds. The van der Waals surface area contributed by atoms with Crippen LogP contribution in [0.3, 0.4) is 0 Å². The van der Waals surface area contributed by atoms with Crippen molar-refractivity contribution in [2.45, 2.75) is 0 Å². The van der Waals surface area contributed by atoms with Crippen LogP contribution < -0.4 is 19.8 Å². The Morgan fingerprint density at radius 2 is 1.92 bits per heavy atom. The molecule has 3 aromatic rings. The minimum absolute atomic E-state index is 0.207. The number of aromatic nitrogens is 1. The predicted molar refractivity (Wildman–Crippen MR) is 98.9 cm³/mol. The van der Waals surface area contributed by atoms with E-state index in [1.54, 1.807) is 19.2 Å². The first-order chi connectivity index (χ1) is 12.2. The number of hydrogen-bond acceptors (Lipinski definition) is 6. The van der Waals surface area contributed by atoms with Gasteiger partial charge in [-0.15, -0.1) is 11.3 Å². The summed E-state index contributed by atoms with van der Waals surface area (Å²) in [4.78, 5) is 13.5. The van der Waals surface area contributed by atoms with Crippen molar-refractivity contribution >= 4 is 23.6 Å². The zero-order valence-electron chi connectivity index (χ0n) is 13.2. The summed E-state index contributed by atoms with van der Waals surface area (Å²) in [5, 5.41) is 0. The van der Waals surface area contributed by atoms with Gasteiger partial charge < -0.3 is 14.2 Å². The number of benzene rings is 2. The van der Waals surface area contributed by atoms with Gasteiger partial charge in [0.1, 0.15) is 5.75 Å². The monoisotopic (exact) mass is 371 g/mol. The van der Waals surface area contributed by atoms with Crippen molar-refractivity contribution in [3.05, 3.63) is 62.8 Å². The van der Waals surface area contributed by atoms with Crippen molar-refractivity contribution in [1.29, 1.82) is 0 Å². The van der Waals surface area contributed by atoms with Gasteiger partial charge in [0.25, 0.3) is 5.56 Å². The third kappa shape index (κ3) is 2.81. The van der Waals surface area contributed by atoms with Crippen molar-refractivity contribution in [1.82, 2.24) is 4.57 Å². The maximum atomic E-state index is 12.7. The number of methoxy groups -OCH3 is 1. The molecule has 25 heavy (non-hydrogen) atoms. The van der Waals surface area contributed by atoms with E-state index in [0.717, 1.165) is 10.4 Å². The van der Waals surface area contributed by atoms with Gasteiger partial charge >= 0.3 is 0 Å². The van der Waals surface area contributed by atoms with Crippen molar-refractivity contribution in [3.63, 3.8) is 0 Å². The van der Waals surface area contributed by atoms with Crippen molar-refractivity contribution in [2.75, 3.05) is 13.9 Å². The molecule has 4 rings (SSSR count). The van der Waals surface area contributed by atoms with Gasteiger partial charge in [0.15, 0.2) is 15.5 Å². The second-order valence-corrected chi connectivity index (χ2v) is 6.97. The highest BCUT2D eigenvalue weighted by atomic mass is 32.1. The quantitative estimate of drug-likeness (QED) is 0.651. The van der Waals surface area contributed by atoms with E-state index < -0.39 is 0 Å². The third-order valence-electron chi connectivity index (χ3n) is 3.84. The van der Waals surface area contributed by atoms with Crippen LogP contribution in [-0.4, -0.2) is 18.5 Å². The van der Waals surface area contributed by atoms with Gasteiger partial charge in [-0.1, -0.05) is 12.1 Å². The molecule has 2 heterocycles. The average Bonchev–Trinajstić information content (AvgIpc) is 3.09. The zero-order valence-corrected chi connectivity index (χ0v) is 14.9. The predicted octanol–water partition coefficient (Wildman–Crippen LogP) is 4.03. The number of fused-ring (bicyclic) bond motifs is 1. The van der Waals surface area contributed by atoms with Gasteiger partial charge in [0.2, 0.25) is 6.79 Å². The van der Waals surface area contributed by atoms with Gasteiger partial charge in [0, 0.05) is 10.9 Å². The van der Waals surface area contributed by atoms with E-state index in [1.807, 2.05) is 36.4 Å². The molecule has 1 aromatic heterocycles. The van der Waals surface area contributed by atoms with E-state index in [9.17, 15) is 4.79 Å². The van der Waals surface area contributed by atoms with Gasteiger partial charge in [-0.3, -0.25) is 9.36 Å². The fourth-order valence-corrected chi connectivity index (χ4v) is 3.99. The maximum Gasteiger partial charge on any atom is 0.258 e. The molecule has 0 N–H and O–H groups in total. The van der Waals surface area contributed by atoms with Crippen LogP contribution in [0.25, 0.3) is 16.1 Å². The molecule has 2 aromatic carbocycles. The highest BCUT2D eigenvalue weighted by molar-refractivity contribution is 7.73.